The molecule has 3 nitrogen and oxygen atoms in total. The van der Waals surface area contributed by atoms with Crippen LogP contribution in [0.1, 0.15) is 13.3 Å². The highest BCUT2D eigenvalue weighted by molar-refractivity contribution is 5.57. The van der Waals surface area contributed by atoms with Gasteiger partial charge in [-0.05, 0) is 0 Å². The van der Waals surface area contributed by atoms with E-state index >= 15 is 0 Å². The van der Waals surface area contributed by atoms with E-state index in [0.29, 0.717) is 0 Å². The van der Waals surface area contributed by atoms with Crippen molar-refractivity contribution in [1.29, 1.82) is 0 Å². The number of carboxylic acid groups (broad SMARTS) is 1. The van der Waals surface area contributed by atoms with Crippen LogP contribution in [0.3, 0.4) is 0 Å². The van der Waals surface area contributed by atoms with Crippen LogP contribution in [0.5, 0.6) is 0 Å². The minimum absolute atomic E-state index is 0.640. The standard InChI is InChI=1S/C4H6F2O3/c1-2-4(5,6)9-3(7)8/h2H2,1H3,(H,7,8). The second-order valence-corrected chi connectivity index (χ2v) is 1.36. The number of alkyl halides is 2. The molecule has 9 heavy (non-hydrogen) atoms. The maximum absolute atomic E-state index is 11.8. The molecule has 0 rings (SSSR count). The highest BCUT2D eigenvalue weighted by Crippen LogP contribution is 2.18. The molecule has 0 aromatic heterocycles. The minimum atomic E-state index is -3.54. The molecule has 0 fully saturated rings. The molecule has 0 atom stereocenters. The Morgan fingerprint density at radius 2 is 2.22 bits per heavy atom. The van der Waals surface area contributed by atoms with E-state index in [0.717, 1.165) is 6.92 Å². The molecule has 0 unspecified atom stereocenters. The van der Waals surface area contributed by atoms with E-state index < -0.39 is 18.7 Å². The monoisotopic (exact) mass is 140 g/mol. The van der Waals surface area contributed by atoms with Crippen LogP contribution < -0.4 is 0 Å². The summed E-state index contributed by atoms with van der Waals surface area (Å²) in [7, 11) is 0. The van der Waals surface area contributed by atoms with Crippen molar-refractivity contribution in [2.75, 3.05) is 0 Å². The predicted molar refractivity (Wildman–Crippen MR) is 24.3 cm³/mol. The number of rotatable bonds is 2. The molecule has 0 aliphatic carbocycles. The van der Waals surface area contributed by atoms with Gasteiger partial charge in [-0.3, -0.25) is 0 Å². The van der Waals surface area contributed by atoms with Crippen molar-refractivity contribution in [3.63, 3.8) is 0 Å². The number of carbonyl (C=O) groups is 1. The minimum Gasteiger partial charge on any atom is -0.450 e. The van der Waals surface area contributed by atoms with Gasteiger partial charge in [0.15, 0.2) is 0 Å². The summed E-state index contributed by atoms with van der Waals surface area (Å²) in [6.45, 7) is 1.13. The molecular weight excluding hydrogens is 134 g/mol. The Balaban J connectivity index is 3.71. The summed E-state index contributed by atoms with van der Waals surface area (Å²) in [5.41, 5.74) is 0. The fourth-order valence-electron chi connectivity index (χ4n) is 0.200. The Kier molecular flexibility index (Phi) is 2.36. The van der Waals surface area contributed by atoms with Gasteiger partial charge in [0.25, 0.3) is 0 Å². The lowest BCUT2D eigenvalue weighted by Crippen LogP contribution is -2.22. The molecule has 0 spiro atoms. The van der Waals surface area contributed by atoms with E-state index in [-0.39, 0.29) is 0 Å². The molecule has 0 radical (unpaired) electrons. The van der Waals surface area contributed by atoms with Gasteiger partial charge in [0, 0.05) is 6.42 Å². The zero-order valence-electron chi connectivity index (χ0n) is 4.73. The third kappa shape index (κ3) is 3.69. The normalized spacial score (nSPS) is 11.0. The van der Waals surface area contributed by atoms with E-state index in [4.69, 9.17) is 5.11 Å². The van der Waals surface area contributed by atoms with Gasteiger partial charge in [0.05, 0.1) is 0 Å². The van der Waals surface area contributed by atoms with Crippen molar-refractivity contribution in [2.24, 2.45) is 0 Å². The molecule has 5 heteroatoms. The van der Waals surface area contributed by atoms with Gasteiger partial charge in [-0.2, -0.15) is 8.78 Å². The molecule has 0 bridgehead atoms. The Morgan fingerprint density at radius 3 is 2.33 bits per heavy atom. The Morgan fingerprint density at radius 1 is 1.78 bits per heavy atom. The number of ether oxygens (including phenoxy) is 1. The molecule has 0 amide bonds. The molecule has 0 saturated carbocycles. The lowest BCUT2D eigenvalue weighted by molar-refractivity contribution is -0.208. The van der Waals surface area contributed by atoms with Gasteiger partial charge in [-0.25, -0.2) is 4.79 Å². The first-order chi connectivity index (χ1) is 3.98. The zero-order chi connectivity index (χ0) is 7.49. The largest absolute Gasteiger partial charge is 0.510 e. The molecule has 54 valence electrons. The van der Waals surface area contributed by atoms with Crippen molar-refractivity contribution in [1.82, 2.24) is 0 Å². The van der Waals surface area contributed by atoms with E-state index in [1.165, 1.54) is 0 Å². The van der Waals surface area contributed by atoms with Gasteiger partial charge in [-0.15, -0.1) is 0 Å². The summed E-state index contributed by atoms with van der Waals surface area (Å²) in [5, 5.41) is 7.68. The van der Waals surface area contributed by atoms with E-state index in [2.05, 4.69) is 4.74 Å². The van der Waals surface area contributed by atoms with Crippen LogP contribution in [-0.2, 0) is 4.74 Å². The van der Waals surface area contributed by atoms with Crippen molar-refractivity contribution in [3.8, 4) is 0 Å². The average molecular weight is 140 g/mol. The van der Waals surface area contributed by atoms with Gasteiger partial charge in [0.1, 0.15) is 0 Å². The van der Waals surface area contributed by atoms with Crippen molar-refractivity contribution in [3.05, 3.63) is 0 Å². The quantitative estimate of drug-likeness (QED) is 0.593. The maximum Gasteiger partial charge on any atom is 0.510 e. The lowest BCUT2D eigenvalue weighted by atomic mass is 10.5. The Labute approximate surface area is 50.2 Å². The highest BCUT2D eigenvalue weighted by atomic mass is 19.3. The first-order valence-corrected chi connectivity index (χ1v) is 2.27. The first kappa shape index (κ1) is 8.13. The van der Waals surface area contributed by atoms with E-state index in [1.807, 2.05) is 0 Å². The summed E-state index contributed by atoms with van der Waals surface area (Å²) in [5.74, 6) is 0. The smallest absolute Gasteiger partial charge is 0.450 e. The predicted octanol–water partition coefficient (Wildman–Crippen LogP) is 1.68. The van der Waals surface area contributed by atoms with Crippen molar-refractivity contribution < 1.29 is 23.4 Å². The Hall–Kier alpha value is -0.870. The fraction of sp³-hybridized carbons (Fsp3) is 0.750. The van der Waals surface area contributed by atoms with Gasteiger partial charge in [0.2, 0.25) is 0 Å². The molecular formula is C4H6F2O3. The number of hydrogen-bond acceptors (Lipinski definition) is 2. The van der Waals surface area contributed by atoms with Gasteiger partial charge >= 0.3 is 12.3 Å². The van der Waals surface area contributed by atoms with Gasteiger partial charge < -0.3 is 9.84 Å². The molecule has 0 aromatic carbocycles. The first-order valence-electron chi connectivity index (χ1n) is 2.27. The molecule has 0 aliphatic rings. The van der Waals surface area contributed by atoms with Crippen LogP contribution >= 0.6 is 0 Å². The molecule has 0 heterocycles. The lowest BCUT2D eigenvalue weighted by Gasteiger charge is -2.10. The summed E-state index contributed by atoms with van der Waals surface area (Å²) in [4.78, 5) is 9.47. The highest BCUT2D eigenvalue weighted by Gasteiger charge is 2.30. The van der Waals surface area contributed by atoms with Crippen LogP contribution in [0.15, 0.2) is 0 Å². The van der Waals surface area contributed by atoms with Crippen molar-refractivity contribution in [2.45, 2.75) is 19.5 Å². The summed E-state index contributed by atoms with van der Waals surface area (Å²) < 4.78 is 26.8. The maximum atomic E-state index is 11.8. The fourth-order valence-corrected chi connectivity index (χ4v) is 0.200. The zero-order valence-corrected chi connectivity index (χ0v) is 4.73. The van der Waals surface area contributed by atoms with Crippen LogP contribution in [0.4, 0.5) is 13.6 Å². The third-order valence-corrected chi connectivity index (χ3v) is 0.648. The third-order valence-electron chi connectivity index (χ3n) is 0.648. The second kappa shape index (κ2) is 2.61. The van der Waals surface area contributed by atoms with Crippen molar-refractivity contribution >= 4 is 6.16 Å². The van der Waals surface area contributed by atoms with Crippen LogP contribution in [0.25, 0.3) is 0 Å². The molecule has 0 saturated heterocycles. The Bertz CT molecular complexity index is 112. The second-order valence-electron chi connectivity index (χ2n) is 1.36. The van der Waals surface area contributed by atoms with Crippen LogP contribution in [-0.4, -0.2) is 17.4 Å². The summed E-state index contributed by atoms with van der Waals surface area (Å²) in [6.07, 6.45) is -6.13. The molecule has 0 aliphatic heterocycles. The SMILES string of the molecule is CCC(F)(F)OC(=O)O. The number of hydrogen-bond donors (Lipinski definition) is 1. The molecule has 0 aromatic rings. The van der Waals surface area contributed by atoms with E-state index in [1.54, 1.807) is 0 Å². The summed E-state index contributed by atoms with van der Waals surface area (Å²) >= 11 is 0. The summed E-state index contributed by atoms with van der Waals surface area (Å²) in [6, 6.07) is 0. The van der Waals surface area contributed by atoms with Gasteiger partial charge in [-0.1, -0.05) is 6.92 Å². The van der Waals surface area contributed by atoms with E-state index in [9.17, 15) is 13.6 Å². The number of halogens is 2. The topological polar surface area (TPSA) is 46.5 Å². The van der Waals surface area contributed by atoms with Crippen LogP contribution in [0, 0.1) is 0 Å². The molecule has 1 N–H and O–H groups in total. The van der Waals surface area contributed by atoms with Crippen LogP contribution in [0.2, 0.25) is 0 Å². The average Bonchev–Trinajstić information content (AvgIpc) is 1.63.